The monoisotopic (exact) mass is 330 g/mol. The number of hydrogen-bond donors (Lipinski definition) is 3. The van der Waals surface area contributed by atoms with Gasteiger partial charge >= 0.3 is 0 Å². The van der Waals surface area contributed by atoms with Gasteiger partial charge < -0.3 is 20.9 Å². The number of piperidine rings is 1. The van der Waals surface area contributed by atoms with E-state index in [0.717, 1.165) is 51.6 Å². The molecular formula is C18H30N6. The van der Waals surface area contributed by atoms with Gasteiger partial charge in [0.2, 0.25) is 5.95 Å². The number of hydrogen-bond acceptors (Lipinski definition) is 6. The molecule has 1 aromatic rings. The van der Waals surface area contributed by atoms with Crippen molar-refractivity contribution in [2.24, 2.45) is 0 Å². The molecule has 3 aliphatic heterocycles. The quantitative estimate of drug-likeness (QED) is 0.783. The summed E-state index contributed by atoms with van der Waals surface area (Å²) in [6.45, 7) is 6.34. The first-order valence-corrected chi connectivity index (χ1v) is 9.73. The number of nitrogens with zero attached hydrogens (tertiary/aromatic N) is 3. The van der Waals surface area contributed by atoms with Crippen molar-refractivity contribution in [2.75, 3.05) is 42.9 Å². The Labute approximate surface area is 144 Å². The zero-order valence-electron chi connectivity index (χ0n) is 14.6. The Hall–Kier alpha value is -1.40. The second kappa shape index (κ2) is 7.66. The molecule has 0 spiro atoms. The van der Waals surface area contributed by atoms with Crippen LogP contribution in [-0.2, 0) is 13.0 Å². The van der Waals surface area contributed by atoms with Gasteiger partial charge in [0.1, 0.15) is 5.82 Å². The Morgan fingerprint density at radius 1 is 0.958 bits per heavy atom. The first-order valence-electron chi connectivity index (χ1n) is 9.73. The maximum atomic E-state index is 4.98. The minimum Gasteiger partial charge on any atom is -0.356 e. The minimum atomic E-state index is 0.454. The molecule has 1 atom stereocenters. The van der Waals surface area contributed by atoms with Crippen molar-refractivity contribution in [3.8, 4) is 0 Å². The lowest BCUT2D eigenvalue weighted by atomic mass is 10.1. The summed E-state index contributed by atoms with van der Waals surface area (Å²) in [5.41, 5.74) is 2.57. The second-order valence-electron chi connectivity index (χ2n) is 7.31. The lowest BCUT2D eigenvalue weighted by Gasteiger charge is -2.29. The van der Waals surface area contributed by atoms with Gasteiger partial charge in [-0.3, -0.25) is 0 Å². The fraction of sp³-hybridized carbons (Fsp3) is 0.778. The van der Waals surface area contributed by atoms with Gasteiger partial charge in [-0.2, -0.15) is 4.98 Å². The highest BCUT2D eigenvalue weighted by Gasteiger charge is 2.23. The summed E-state index contributed by atoms with van der Waals surface area (Å²) in [4.78, 5) is 12.4. The molecule has 6 heteroatoms. The Kier molecular flexibility index (Phi) is 5.13. The summed E-state index contributed by atoms with van der Waals surface area (Å²) in [5, 5.41) is 10.6. The maximum Gasteiger partial charge on any atom is 0.225 e. The molecule has 0 amide bonds. The maximum absolute atomic E-state index is 4.98. The predicted octanol–water partition coefficient (Wildman–Crippen LogP) is 1.67. The lowest BCUT2D eigenvalue weighted by molar-refractivity contribution is 0.477. The molecule has 4 rings (SSSR count). The van der Waals surface area contributed by atoms with Crippen LogP contribution in [0.4, 0.5) is 11.8 Å². The summed E-state index contributed by atoms with van der Waals surface area (Å²) < 4.78 is 0. The number of rotatable bonds is 3. The van der Waals surface area contributed by atoms with Crippen molar-refractivity contribution < 1.29 is 0 Å². The van der Waals surface area contributed by atoms with Gasteiger partial charge in [-0.25, -0.2) is 4.98 Å². The number of anilines is 2. The third-order valence-corrected chi connectivity index (χ3v) is 5.45. The van der Waals surface area contributed by atoms with E-state index < -0.39 is 0 Å². The van der Waals surface area contributed by atoms with Crippen molar-refractivity contribution in [3.63, 3.8) is 0 Å². The highest BCUT2D eigenvalue weighted by atomic mass is 15.2. The zero-order chi connectivity index (χ0) is 16.2. The molecule has 0 saturated carbocycles. The average molecular weight is 330 g/mol. The molecule has 132 valence electrons. The smallest absolute Gasteiger partial charge is 0.225 e. The van der Waals surface area contributed by atoms with Crippen LogP contribution in [0.15, 0.2) is 0 Å². The first-order chi connectivity index (χ1) is 11.9. The van der Waals surface area contributed by atoms with Crippen molar-refractivity contribution in [2.45, 2.75) is 57.5 Å². The summed E-state index contributed by atoms with van der Waals surface area (Å²) in [6.07, 6.45) is 8.70. The third-order valence-electron chi connectivity index (χ3n) is 5.45. The van der Waals surface area contributed by atoms with Gasteiger partial charge in [-0.15, -0.1) is 0 Å². The van der Waals surface area contributed by atoms with Crippen LogP contribution < -0.4 is 20.9 Å². The van der Waals surface area contributed by atoms with Crippen LogP contribution in [0, 0.1) is 0 Å². The number of fused-ring (bicyclic) bond motifs is 1. The third kappa shape index (κ3) is 3.64. The van der Waals surface area contributed by atoms with Gasteiger partial charge in [0.25, 0.3) is 0 Å². The molecule has 0 aliphatic carbocycles. The highest BCUT2D eigenvalue weighted by molar-refractivity contribution is 5.54. The van der Waals surface area contributed by atoms with E-state index in [9.17, 15) is 0 Å². The number of nitrogens with one attached hydrogen (secondary N) is 3. The second-order valence-corrected chi connectivity index (χ2v) is 7.31. The van der Waals surface area contributed by atoms with Crippen LogP contribution in [-0.4, -0.2) is 48.7 Å². The lowest BCUT2D eigenvalue weighted by Crippen LogP contribution is -2.39. The average Bonchev–Trinajstić information content (AvgIpc) is 2.91. The van der Waals surface area contributed by atoms with Gasteiger partial charge in [-0.1, -0.05) is 12.8 Å². The molecule has 0 aromatic carbocycles. The van der Waals surface area contributed by atoms with Gasteiger partial charge in [0, 0.05) is 50.7 Å². The van der Waals surface area contributed by atoms with E-state index >= 15 is 0 Å². The predicted molar refractivity (Wildman–Crippen MR) is 97.6 cm³/mol. The van der Waals surface area contributed by atoms with Crippen molar-refractivity contribution in [1.29, 1.82) is 0 Å². The molecule has 3 N–H and O–H groups in total. The van der Waals surface area contributed by atoms with E-state index in [1.807, 2.05) is 0 Å². The summed E-state index contributed by atoms with van der Waals surface area (Å²) in [7, 11) is 0. The fourth-order valence-electron chi connectivity index (χ4n) is 4.09. The molecule has 4 heterocycles. The zero-order valence-corrected chi connectivity index (χ0v) is 14.6. The van der Waals surface area contributed by atoms with Crippen LogP contribution in [0.1, 0.15) is 49.8 Å². The van der Waals surface area contributed by atoms with Crippen LogP contribution in [0.2, 0.25) is 0 Å². The molecule has 0 radical (unpaired) electrons. The highest BCUT2D eigenvalue weighted by Crippen LogP contribution is 2.27. The van der Waals surface area contributed by atoms with Crippen LogP contribution in [0.3, 0.4) is 0 Å². The standard InChI is InChI=1S/C18H30N6/c1-2-4-11-24(10-3-1)17-15-13-20-9-7-16(15)22-18(23-17)21-14-6-5-8-19-12-14/h14,19-20H,1-13H2,(H,21,22,23). The molecule has 2 fully saturated rings. The topological polar surface area (TPSA) is 65.1 Å². The molecule has 6 nitrogen and oxygen atoms in total. The molecule has 24 heavy (non-hydrogen) atoms. The first kappa shape index (κ1) is 16.1. The van der Waals surface area contributed by atoms with Crippen LogP contribution in [0.25, 0.3) is 0 Å². The SMILES string of the molecule is C1CCCN(c2nc(NC3CCCNC3)nc3c2CNCC3)CC1. The van der Waals surface area contributed by atoms with E-state index in [0.29, 0.717) is 6.04 Å². The normalized spacial score (nSPS) is 25.0. The van der Waals surface area contributed by atoms with Crippen molar-refractivity contribution >= 4 is 11.8 Å². The fourth-order valence-corrected chi connectivity index (χ4v) is 4.09. The van der Waals surface area contributed by atoms with Gasteiger partial charge in [-0.05, 0) is 32.2 Å². The molecular weight excluding hydrogens is 300 g/mol. The summed E-state index contributed by atoms with van der Waals surface area (Å²) in [6, 6.07) is 0.454. The Balaban J connectivity index is 1.61. The van der Waals surface area contributed by atoms with Crippen molar-refractivity contribution in [3.05, 3.63) is 11.3 Å². The Bertz CT molecular complexity index is 547. The van der Waals surface area contributed by atoms with Gasteiger partial charge in [0.05, 0.1) is 5.69 Å². The Morgan fingerprint density at radius 2 is 1.83 bits per heavy atom. The van der Waals surface area contributed by atoms with E-state index in [1.54, 1.807) is 0 Å². The van der Waals surface area contributed by atoms with Crippen molar-refractivity contribution in [1.82, 2.24) is 20.6 Å². The van der Waals surface area contributed by atoms with E-state index in [4.69, 9.17) is 9.97 Å². The summed E-state index contributed by atoms with van der Waals surface area (Å²) in [5.74, 6) is 2.02. The number of aromatic nitrogens is 2. The molecule has 0 bridgehead atoms. The molecule has 3 aliphatic rings. The largest absolute Gasteiger partial charge is 0.356 e. The minimum absolute atomic E-state index is 0.454. The summed E-state index contributed by atoms with van der Waals surface area (Å²) >= 11 is 0. The van der Waals surface area contributed by atoms with E-state index in [1.165, 1.54) is 55.6 Å². The molecule has 1 aromatic heterocycles. The molecule has 1 unspecified atom stereocenters. The van der Waals surface area contributed by atoms with E-state index in [-0.39, 0.29) is 0 Å². The van der Waals surface area contributed by atoms with Crippen LogP contribution >= 0.6 is 0 Å². The van der Waals surface area contributed by atoms with E-state index in [2.05, 4.69) is 20.9 Å². The molecule has 2 saturated heterocycles. The van der Waals surface area contributed by atoms with Gasteiger partial charge in [0.15, 0.2) is 0 Å². The Morgan fingerprint density at radius 3 is 2.62 bits per heavy atom. The van der Waals surface area contributed by atoms with Crippen LogP contribution in [0.5, 0.6) is 0 Å².